The van der Waals surface area contributed by atoms with Gasteiger partial charge in [-0.25, -0.2) is 9.59 Å². The largest absolute Gasteiger partial charge is 0.459 e. The average Bonchev–Trinajstić information content (AvgIpc) is 3.39. The Morgan fingerprint density at radius 2 is 1.21 bits per heavy atom. The van der Waals surface area contributed by atoms with Gasteiger partial charge in [0.05, 0.1) is 0 Å². The summed E-state index contributed by atoms with van der Waals surface area (Å²) in [7, 11) is 0. The number of likely N-dealkylation sites (tertiary alicyclic amines) is 2. The topological polar surface area (TPSA) is 105 Å². The third kappa shape index (κ3) is 8.44. The molecule has 1 aliphatic carbocycles. The third-order valence-electron chi connectivity index (χ3n) is 8.98. The summed E-state index contributed by atoms with van der Waals surface area (Å²) < 4.78 is 11.0. The number of ether oxygens (including phenoxy) is 2. The Kier molecular flexibility index (Phi) is 10.5. The number of hydrogen-bond acceptors (Lipinski definition) is 7. The number of rotatable bonds is 14. The summed E-state index contributed by atoms with van der Waals surface area (Å²) >= 11 is 0. The highest BCUT2D eigenvalue weighted by Gasteiger charge is 2.43. The van der Waals surface area contributed by atoms with E-state index in [4.69, 9.17) is 9.47 Å². The molecule has 2 aromatic rings. The van der Waals surface area contributed by atoms with E-state index in [0.717, 1.165) is 49.8 Å². The van der Waals surface area contributed by atoms with Gasteiger partial charge in [-0.05, 0) is 61.5 Å². The van der Waals surface area contributed by atoms with E-state index in [1.54, 1.807) is 9.80 Å². The molecule has 2 atom stereocenters. The van der Waals surface area contributed by atoms with E-state index in [9.17, 15) is 19.2 Å². The SMILES string of the molecule is O=C(OCc1ccccc1)C1CCCN1C(=O)CCNCC1(CCC(=O)N2CCCC2C(=O)OCc2ccccc2)CC1. The molecule has 0 spiro atoms. The van der Waals surface area contributed by atoms with Crippen molar-refractivity contribution in [3.63, 3.8) is 0 Å². The van der Waals surface area contributed by atoms with Gasteiger partial charge < -0.3 is 24.6 Å². The second-order valence-electron chi connectivity index (χ2n) is 12.1. The van der Waals surface area contributed by atoms with Crippen LogP contribution in [0.3, 0.4) is 0 Å². The molecule has 3 fully saturated rings. The van der Waals surface area contributed by atoms with Crippen molar-refractivity contribution in [1.82, 2.24) is 15.1 Å². The van der Waals surface area contributed by atoms with Gasteiger partial charge >= 0.3 is 11.9 Å². The molecule has 2 unspecified atom stereocenters. The van der Waals surface area contributed by atoms with Crippen molar-refractivity contribution in [2.24, 2.45) is 5.41 Å². The van der Waals surface area contributed by atoms with Crippen molar-refractivity contribution < 1.29 is 28.7 Å². The molecular weight excluding hydrogens is 546 g/mol. The standard InChI is InChI=1S/C34H43N3O6/c38-30(36-21-7-13-28(36)32(40)42-23-26-9-3-1-4-10-26)15-17-34(18-19-34)25-35-20-16-31(39)37-22-8-14-29(37)33(41)43-24-27-11-5-2-6-12-27/h1-6,9-12,28-29,35H,7-8,13-25H2. The van der Waals surface area contributed by atoms with Gasteiger partial charge in [-0.2, -0.15) is 0 Å². The Morgan fingerprint density at radius 1 is 0.721 bits per heavy atom. The number of benzene rings is 2. The van der Waals surface area contributed by atoms with Crippen molar-refractivity contribution in [3.05, 3.63) is 71.8 Å². The van der Waals surface area contributed by atoms with Crippen LogP contribution in [-0.4, -0.2) is 71.8 Å². The molecule has 9 nitrogen and oxygen atoms in total. The number of hydrogen-bond donors (Lipinski definition) is 1. The monoisotopic (exact) mass is 589 g/mol. The first-order chi connectivity index (χ1) is 20.9. The highest BCUT2D eigenvalue weighted by Crippen LogP contribution is 2.49. The van der Waals surface area contributed by atoms with E-state index >= 15 is 0 Å². The van der Waals surface area contributed by atoms with Crippen molar-refractivity contribution in [1.29, 1.82) is 0 Å². The Balaban J connectivity index is 0.995. The van der Waals surface area contributed by atoms with Crippen LogP contribution in [0.25, 0.3) is 0 Å². The molecule has 0 aromatic heterocycles. The quantitative estimate of drug-likeness (QED) is 0.262. The van der Waals surface area contributed by atoms with Crippen LogP contribution >= 0.6 is 0 Å². The van der Waals surface area contributed by atoms with Crippen LogP contribution in [-0.2, 0) is 41.9 Å². The van der Waals surface area contributed by atoms with E-state index in [-0.39, 0.29) is 42.4 Å². The van der Waals surface area contributed by atoms with E-state index in [1.165, 1.54) is 0 Å². The summed E-state index contributed by atoms with van der Waals surface area (Å²) in [4.78, 5) is 54.8. The Hall–Kier alpha value is -3.72. The smallest absolute Gasteiger partial charge is 0.329 e. The maximum Gasteiger partial charge on any atom is 0.329 e. The van der Waals surface area contributed by atoms with Crippen molar-refractivity contribution in [3.8, 4) is 0 Å². The lowest BCUT2D eigenvalue weighted by Crippen LogP contribution is -2.42. The molecule has 9 heteroatoms. The molecule has 2 heterocycles. The zero-order valence-corrected chi connectivity index (χ0v) is 24.9. The highest BCUT2D eigenvalue weighted by molar-refractivity contribution is 5.86. The number of esters is 2. The van der Waals surface area contributed by atoms with Crippen LogP contribution in [0, 0.1) is 5.41 Å². The molecule has 2 saturated heterocycles. The molecule has 0 bridgehead atoms. The van der Waals surface area contributed by atoms with Crippen LogP contribution in [0.1, 0.15) is 68.9 Å². The summed E-state index contributed by atoms with van der Waals surface area (Å²) in [6.45, 7) is 2.87. The molecule has 2 amide bonds. The minimum absolute atomic E-state index is 0.0137. The van der Waals surface area contributed by atoms with Gasteiger partial charge in [-0.1, -0.05) is 60.7 Å². The third-order valence-corrected chi connectivity index (χ3v) is 8.98. The van der Waals surface area contributed by atoms with E-state index < -0.39 is 12.1 Å². The predicted molar refractivity (Wildman–Crippen MR) is 160 cm³/mol. The Labute approximate surface area is 253 Å². The summed E-state index contributed by atoms with van der Waals surface area (Å²) in [5.74, 6) is -0.688. The molecule has 1 N–H and O–H groups in total. The molecular formula is C34H43N3O6. The maximum absolute atomic E-state index is 13.1. The zero-order chi connectivity index (χ0) is 30.1. The molecule has 43 heavy (non-hydrogen) atoms. The van der Waals surface area contributed by atoms with Gasteiger partial charge in [0.25, 0.3) is 0 Å². The van der Waals surface area contributed by atoms with Gasteiger partial charge in [-0.15, -0.1) is 0 Å². The summed E-state index contributed by atoms with van der Waals surface area (Å²) in [5.41, 5.74) is 1.92. The minimum atomic E-state index is -0.512. The first-order valence-electron chi connectivity index (χ1n) is 15.6. The number of carbonyl (C=O) groups excluding carboxylic acids is 4. The average molecular weight is 590 g/mol. The number of nitrogens with zero attached hydrogens (tertiary/aromatic N) is 2. The second-order valence-corrected chi connectivity index (χ2v) is 12.1. The van der Waals surface area contributed by atoms with Gasteiger partial charge in [0, 0.05) is 39.0 Å². The minimum Gasteiger partial charge on any atom is -0.459 e. The summed E-state index contributed by atoms with van der Waals surface area (Å²) in [6, 6.07) is 18.1. The van der Waals surface area contributed by atoms with Crippen LogP contribution < -0.4 is 5.32 Å². The van der Waals surface area contributed by atoms with Crippen molar-refractivity contribution in [2.75, 3.05) is 26.2 Å². The van der Waals surface area contributed by atoms with Crippen molar-refractivity contribution >= 4 is 23.8 Å². The highest BCUT2D eigenvalue weighted by atomic mass is 16.5. The van der Waals surface area contributed by atoms with E-state index in [0.29, 0.717) is 45.3 Å². The molecule has 5 rings (SSSR count). The molecule has 2 aliphatic heterocycles. The Bertz CT molecular complexity index is 1250. The molecule has 1 saturated carbocycles. The molecule has 3 aliphatic rings. The maximum atomic E-state index is 13.1. The fourth-order valence-electron chi connectivity index (χ4n) is 6.17. The normalized spacial score (nSPS) is 20.6. The van der Waals surface area contributed by atoms with Gasteiger partial charge in [-0.3, -0.25) is 9.59 Å². The number of nitrogens with one attached hydrogen (secondary N) is 1. The number of carbonyl (C=O) groups is 4. The van der Waals surface area contributed by atoms with Crippen LogP contribution in [0.5, 0.6) is 0 Å². The first kappa shape index (κ1) is 30.7. The molecule has 0 radical (unpaired) electrons. The fourth-order valence-corrected chi connectivity index (χ4v) is 6.17. The first-order valence-corrected chi connectivity index (χ1v) is 15.6. The van der Waals surface area contributed by atoms with Gasteiger partial charge in [0.15, 0.2) is 0 Å². The summed E-state index contributed by atoms with van der Waals surface area (Å²) in [6.07, 6.45) is 6.45. The second kappa shape index (κ2) is 14.6. The van der Waals surface area contributed by atoms with E-state index in [1.807, 2.05) is 60.7 Å². The lowest BCUT2D eigenvalue weighted by atomic mass is 9.99. The number of amides is 2. The van der Waals surface area contributed by atoms with Crippen LogP contribution in [0.15, 0.2) is 60.7 Å². The van der Waals surface area contributed by atoms with Crippen LogP contribution in [0.2, 0.25) is 0 Å². The predicted octanol–water partition coefficient (Wildman–Crippen LogP) is 4.00. The van der Waals surface area contributed by atoms with E-state index in [2.05, 4.69) is 5.32 Å². The fraction of sp³-hybridized carbons (Fsp3) is 0.529. The lowest BCUT2D eigenvalue weighted by Gasteiger charge is -2.25. The molecule has 2 aromatic carbocycles. The Morgan fingerprint density at radius 3 is 1.70 bits per heavy atom. The zero-order valence-electron chi connectivity index (χ0n) is 24.9. The van der Waals surface area contributed by atoms with Gasteiger partial charge in [0.1, 0.15) is 25.3 Å². The van der Waals surface area contributed by atoms with Crippen LogP contribution in [0.4, 0.5) is 0 Å². The van der Waals surface area contributed by atoms with Crippen molar-refractivity contribution in [2.45, 2.75) is 83.1 Å². The lowest BCUT2D eigenvalue weighted by molar-refractivity contribution is -0.154. The van der Waals surface area contributed by atoms with Gasteiger partial charge in [0.2, 0.25) is 11.8 Å². The summed E-state index contributed by atoms with van der Waals surface area (Å²) in [5, 5.41) is 3.42. The molecule has 230 valence electrons.